The van der Waals surface area contributed by atoms with Gasteiger partial charge in [-0.2, -0.15) is 10.4 Å². The molecule has 0 aliphatic rings. The molecule has 0 spiro atoms. The third kappa shape index (κ3) is 4.54. The second-order valence-electron chi connectivity index (χ2n) is 6.66. The number of benzene rings is 2. The molecule has 0 N–H and O–H groups in total. The minimum Gasteiger partial charge on any atom is -0.489 e. The van der Waals surface area contributed by atoms with E-state index in [1.807, 2.05) is 62.4 Å². The molecular formula is C23H21N3O2. The Hall–Kier alpha value is -3.65. The standard InChI is InChI=1S/C23H21N3O2/c1-16-5-4-6-20(11-16)15-28-22-9-7-19(8-10-22)13-21(14-24)23(27)26-18(3)12-17(2)25-26/h4-13H,15H2,1-3H3/b21-13+. The van der Waals surface area contributed by atoms with E-state index in [1.54, 1.807) is 19.1 Å². The van der Waals surface area contributed by atoms with E-state index in [4.69, 9.17) is 4.74 Å². The Bertz CT molecular complexity index is 1070. The lowest BCUT2D eigenvalue weighted by Gasteiger charge is -2.07. The van der Waals surface area contributed by atoms with Gasteiger partial charge in [0.05, 0.1) is 5.69 Å². The number of rotatable bonds is 5. The molecule has 140 valence electrons. The summed E-state index contributed by atoms with van der Waals surface area (Å²) in [5.74, 6) is 0.287. The van der Waals surface area contributed by atoms with Gasteiger partial charge in [0.2, 0.25) is 0 Å². The Morgan fingerprint density at radius 1 is 1.14 bits per heavy atom. The maximum absolute atomic E-state index is 12.6. The smallest absolute Gasteiger partial charge is 0.289 e. The highest BCUT2D eigenvalue weighted by Crippen LogP contribution is 2.17. The minimum absolute atomic E-state index is 0.0274. The van der Waals surface area contributed by atoms with Gasteiger partial charge in [-0.25, -0.2) is 4.68 Å². The molecule has 3 rings (SSSR count). The molecule has 3 aromatic rings. The third-order valence-corrected chi connectivity index (χ3v) is 4.23. The van der Waals surface area contributed by atoms with Gasteiger partial charge in [-0.05, 0) is 56.2 Å². The summed E-state index contributed by atoms with van der Waals surface area (Å²) in [5, 5.41) is 13.5. The van der Waals surface area contributed by atoms with Crippen LogP contribution in [0.15, 0.2) is 60.2 Å². The van der Waals surface area contributed by atoms with E-state index >= 15 is 0 Å². The van der Waals surface area contributed by atoms with Gasteiger partial charge in [-0.1, -0.05) is 42.0 Å². The molecule has 0 bridgehead atoms. The highest BCUT2D eigenvalue weighted by molar-refractivity contribution is 6.03. The van der Waals surface area contributed by atoms with Crippen LogP contribution in [0.3, 0.4) is 0 Å². The zero-order valence-corrected chi connectivity index (χ0v) is 16.1. The average Bonchev–Trinajstić information content (AvgIpc) is 3.03. The summed E-state index contributed by atoms with van der Waals surface area (Å²) in [5.41, 5.74) is 4.50. The quantitative estimate of drug-likeness (QED) is 0.484. The second kappa shape index (κ2) is 8.36. The molecule has 1 aromatic heterocycles. The average molecular weight is 371 g/mol. The van der Waals surface area contributed by atoms with Crippen LogP contribution >= 0.6 is 0 Å². The number of nitrogens with zero attached hydrogens (tertiary/aromatic N) is 3. The fourth-order valence-corrected chi connectivity index (χ4v) is 2.89. The third-order valence-electron chi connectivity index (χ3n) is 4.23. The van der Waals surface area contributed by atoms with Crippen molar-refractivity contribution in [3.05, 3.63) is 88.2 Å². The van der Waals surface area contributed by atoms with E-state index < -0.39 is 5.91 Å². The second-order valence-corrected chi connectivity index (χ2v) is 6.66. The molecule has 0 atom stereocenters. The summed E-state index contributed by atoms with van der Waals surface area (Å²) in [6.45, 7) is 6.12. The first kappa shape index (κ1) is 19.1. The summed E-state index contributed by atoms with van der Waals surface area (Å²) in [4.78, 5) is 12.6. The first-order valence-electron chi connectivity index (χ1n) is 8.94. The van der Waals surface area contributed by atoms with Gasteiger partial charge in [0.25, 0.3) is 5.91 Å². The Labute approximate surface area is 164 Å². The molecular weight excluding hydrogens is 350 g/mol. The number of hydrogen-bond acceptors (Lipinski definition) is 4. The van der Waals surface area contributed by atoms with Crippen LogP contribution in [0.4, 0.5) is 0 Å². The van der Waals surface area contributed by atoms with E-state index in [2.05, 4.69) is 11.2 Å². The van der Waals surface area contributed by atoms with Crippen LogP contribution in [0.2, 0.25) is 0 Å². The number of carbonyl (C=O) groups excluding carboxylic acids is 1. The highest BCUT2D eigenvalue weighted by Gasteiger charge is 2.15. The molecule has 0 radical (unpaired) electrons. The van der Waals surface area contributed by atoms with E-state index in [9.17, 15) is 10.1 Å². The van der Waals surface area contributed by atoms with Crippen LogP contribution in [-0.2, 0) is 6.61 Å². The first-order valence-corrected chi connectivity index (χ1v) is 8.94. The van der Waals surface area contributed by atoms with Crippen LogP contribution in [-0.4, -0.2) is 15.7 Å². The number of ether oxygens (including phenoxy) is 1. The van der Waals surface area contributed by atoms with Crippen LogP contribution in [0.25, 0.3) is 6.08 Å². The summed E-state index contributed by atoms with van der Waals surface area (Å²) in [7, 11) is 0. The zero-order valence-electron chi connectivity index (χ0n) is 16.1. The Balaban J connectivity index is 1.72. The molecule has 1 heterocycles. The molecule has 0 unspecified atom stereocenters. The number of allylic oxidation sites excluding steroid dienone is 1. The van der Waals surface area contributed by atoms with Crippen molar-refractivity contribution in [2.75, 3.05) is 0 Å². The van der Waals surface area contributed by atoms with Gasteiger partial charge in [-0.15, -0.1) is 0 Å². The van der Waals surface area contributed by atoms with Crippen molar-refractivity contribution in [3.8, 4) is 11.8 Å². The lowest BCUT2D eigenvalue weighted by molar-refractivity contribution is 0.0943. The van der Waals surface area contributed by atoms with Gasteiger partial charge >= 0.3 is 0 Å². The van der Waals surface area contributed by atoms with Crippen molar-refractivity contribution >= 4 is 12.0 Å². The predicted octanol–water partition coefficient (Wildman–Crippen LogP) is 4.63. The Morgan fingerprint density at radius 3 is 2.50 bits per heavy atom. The van der Waals surface area contributed by atoms with Gasteiger partial charge in [0, 0.05) is 5.69 Å². The number of nitriles is 1. The normalized spacial score (nSPS) is 11.1. The maximum atomic E-state index is 12.6. The monoisotopic (exact) mass is 371 g/mol. The number of aromatic nitrogens is 2. The topological polar surface area (TPSA) is 67.9 Å². The molecule has 0 saturated heterocycles. The molecule has 5 heteroatoms. The summed E-state index contributed by atoms with van der Waals surface area (Å²) < 4.78 is 7.06. The first-order chi connectivity index (χ1) is 13.5. The fraction of sp³-hybridized carbons (Fsp3) is 0.174. The SMILES string of the molecule is Cc1cccc(COc2ccc(/C=C(\C#N)C(=O)n3nc(C)cc3C)cc2)c1. The van der Waals surface area contributed by atoms with Crippen LogP contribution < -0.4 is 4.74 Å². The fourth-order valence-electron chi connectivity index (χ4n) is 2.89. The molecule has 2 aromatic carbocycles. The van der Waals surface area contributed by atoms with Crippen molar-refractivity contribution < 1.29 is 9.53 Å². The van der Waals surface area contributed by atoms with Crippen molar-refractivity contribution in [1.82, 2.24) is 9.78 Å². The van der Waals surface area contributed by atoms with Crippen molar-refractivity contribution in [2.24, 2.45) is 0 Å². The lowest BCUT2D eigenvalue weighted by Crippen LogP contribution is -2.15. The van der Waals surface area contributed by atoms with Gasteiger partial charge < -0.3 is 4.74 Å². The van der Waals surface area contributed by atoms with Crippen molar-refractivity contribution in [2.45, 2.75) is 27.4 Å². The molecule has 5 nitrogen and oxygen atoms in total. The summed E-state index contributed by atoms with van der Waals surface area (Å²) in [6.07, 6.45) is 1.56. The predicted molar refractivity (Wildman–Crippen MR) is 108 cm³/mol. The van der Waals surface area contributed by atoms with E-state index in [0.29, 0.717) is 12.3 Å². The Kier molecular flexibility index (Phi) is 5.71. The largest absolute Gasteiger partial charge is 0.489 e. The summed E-state index contributed by atoms with van der Waals surface area (Å²) in [6, 6.07) is 19.2. The van der Waals surface area contributed by atoms with Crippen LogP contribution in [0, 0.1) is 32.1 Å². The number of hydrogen-bond donors (Lipinski definition) is 0. The number of aryl methyl sites for hydroxylation is 3. The molecule has 0 saturated carbocycles. The minimum atomic E-state index is -0.437. The maximum Gasteiger partial charge on any atom is 0.289 e. The van der Waals surface area contributed by atoms with Gasteiger partial charge in [0.15, 0.2) is 0 Å². The number of carbonyl (C=O) groups is 1. The molecule has 0 fully saturated rings. The van der Waals surface area contributed by atoms with E-state index in [0.717, 1.165) is 22.6 Å². The molecule has 0 aliphatic carbocycles. The van der Waals surface area contributed by atoms with Gasteiger partial charge in [-0.3, -0.25) is 4.79 Å². The molecule has 0 amide bonds. The van der Waals surface area contributed by atoms with E-state index in [-0.39, 0.29) is 5.57 Å². The van der Waals surface area contributed by atoms with Crippen molar-refractivity contribution in [3.63, 3.8) is 0 Å². The summed E-state index contributed by atoms with van der Waals surface area (Å²) >= 11 is 0. The van der Waals surface area contributed by atoms with Crippen LogP contribution in [0.1, 0.15) is 32.9 Å². The lowest BCUT2D eigenvalue weighted by atomic mass is 10.1. The molecule has 28 heavy (non-hydrogen) atoms. The van der Waals surface area contributed by atoms with Gasteiger partial charge in [0.1, 0.15) is 24.0 Å². The van der Waals surface area contributed by atoms with Crippen molar-refractivity contribution in [1.29, 1.82) is 5.26 Å². The highest BCUT2D eigenvalue weighted by atomic mass is 16.5. The Morgan fingerprint density at radius 2 is 1.89 bits per heavy atom. The van der Waals surface area contributed by atoms with E-state index in [1.165, 1.54) is 10.2 Å². The molecule has 0 aliphatic heterocycles. The zero-order chi connectivity index (χ0) is 20.1. The van der Waals surface area contributed by atoms with Crippen LogP contribution in [0.5, 0.6) is 5.75 Å².